The molecule has 18 heavy (non-hydrogen) atoms. The molecular weight excluding hydrogens is 228 g/mol. The number of nitrogens with two attached hydrogens (primary N) is 1. The minimum absolute atomic E-state index is 0.150. The van der Waals surface area contributed by atoms with Gasteiger partial charge < -0.3 is 15.2 Å². The van der Waals surface area contributed by atoms with Crippen LogP contribution in [0.5, 0.6) is 0 Å². The summed E-state index contributed by atoms with van der Waals surface area (Å²) in [5, 5.41) is 0. The van der Waals surface area contributed by atoms with Crippen molar-refractivity contribution in [1.29, 1.82) is 0 Å². The first-order chi connectivity index (χ1) is 8.80. The summed E-state index contributed by atoms with van der Waals surface area (Å²) < 4.78 is 11.5. The molecule has 0 aromatic carbocycles. The van der Waals surface area contributed by atoms with Gasteiger partial charge in [-0.25, -0.2) is 0 Å². The number of rotatable bonds is 3. The summed E-state index contributed by atoms with van der Waals surface area (Å²) in [5.41, 5.74) is 6.29. The van der Waals surface area contributed by atoms with E-state index in [1.54, 1.807) is 0 Å². The van der Waals surface area contributed by atoms with E-state index in [0.717, 1.165) is 65.1 Å². The minimum Gasteiger partial charge on any atom is -0.381 e. The van der Waals surface area contributed by atoms with E-state index in [-0.39, 0.29) is 5.54 Å². The van der Waals surface area contributed by atoms with Gasteiger partial charge in [-0.05, 0) is 32.1 Å². The second-order valence-corrected chi connectivity index (χ2v) is 5.60. The van der Waals surface area contributed by atoms with Gasteiger partial charge in [-0.2, -0.15) is 0 Å². The van der Waals surface area contributed by atoms with Gasteiger partial charge in [-0.15, -0.1) is 0 Å². The minimum atomic E-state index is 0.150. The quantitative estimate of drug-likeness (QED) is 0.829. The van der Waals surface area contributed by atoms with Gasteiger partial charge in [-0.1, -0.05) is 6.92 Å². The maximum absolute atomic E-state index is 6.14. The zero-order valence-corrected chi connectivity index (χ0v) is 11.7. The number of hydrogen-bond acceptors (Lipinski definition) is 4. The van der Waals surface area contributed by atoms with Gasteiger partial charge >= 0.3 is 0 Å². The highest BCUT2D eigenvalue weighted by Gasteiger charge is 2.37. The number of ether oxygens (including phenoxy) is 2. The van der Waals surface area contributed by atoms with Crippen LogP contribution in [0.4, 0.5) is 0 Å². The molecule has 0 aliphatic carbocycles. The van der Waals surface area contributed by atoms with E-state index < -0.39 is 0 Å². The highest BCUT2D eigenvalue weighted by Crippen LogP contribution is 2.29. The van der Waals surface area contributed by atoms with Crippen molar-refractivity contribution in [2.75, 3.05) is 39.5 Å². The third kappa shape index (κ3) is 3.23. The average Bonchev–Trinajstić information content (AvgIpc) is 2.79. The van der Waals surface area contributed by atoms with Gasteiger partial charge in [-0.3, -0.25) is 4.90 Å². The fourth-order valence-electron chi connectivity index (χ4n) is 3.21. The summed E-state index contributed by atoms with van der Waals surface area (Å²) in [5.74, 6) is 0. The molecule has 0 radical (unpaired) electrons. The fourth-order valence-corrected chi connectivity index (χ4v) is 3.21. The summed E-state index contributed by atoms with van der Waals surface area (Å²) in [6, 6.07) is 0. The Morgan fingerprint density at radius 1 is 1.22 bits per heavy atom. The lowest BCUT2D eigenvalue weighted by atomic mass is 9.88. The number of nitrogens with zero attached hydrogens (tertiary/aromatic N) is 1. The SMILES string of the molecule is CCC1CN(C2(CN)CCCOCC2)CCCO1. The molecule has 0 aromatic heterocycles. The monoisotopic (exact) mass is 256 g/mol. The molecule has 4 heteroatoms. The molecule has 2 N–H and O–H groups in total. The molecule has 2 fully saturated rings. The van der Waals surface area contributed by atoms with Crippen molar-refractivity contribution in [3.63, 3.8) is 0 Å². The van der Waals surface area contributed by atoms with Crippen molar-refractivity contribution >= 4 is 0 Å². The molecule has 2 aliphatic rings. The highest BCUT2D eigenvalue weighted by atomic mass is 16.5. The normalized spacial score (nSPS) is 36.0. The van der Waals surface area contributed by atoms with E-state index in [9.17, 15) is 0 Å². The molecule has 0 saturated carbocycles. The van der Waals surface area contributed by atoms with Gasteiger partial charge in [0.2, 0.25) is 0 Å². The van der Waals surface area contributed by atoms with Crippen LogP contribution < -0.4 is 5.73 Å². The first-order valence-electron chi connectivity index (χ1n) is 7.45. The van der Waals surface area contributed by atoms with Crippen molar-refractivity contribution in [2.45, 2.75) is 50.7 Å². The molecule has 2 rings (SSSR count). The topological polar surface area (TPSA) is 47.7 Å². The largest absolute Gasteiger partial charge is 0.381 e. The zero-order chi connectivity index (χ0) is 12.8. The molecule has 0 amide bonds. The first kappa shape index (κ1) is 14.3. The molecule has 2 unspecified atom stereocenters. The van der Waals surface area contributed by atoms with Crippen LogP contribution in [-0.2, 0) is 9.47 Å². The predicted octanol–water partition coefficient (Wildman–Crippen LogP) is 1.39. The predicted molar refractivity (Wildman–Crippen MR) is 72.7 cm³/mol. The fraction of sp³-hybridized carbons (Fsp3) is 1.00. The van der Waals surface area contributed by atoms with Crippen molar-refractivity contribution in [2.24, 2.45) is 5.73 Å². The summed E-state index contributed by atoms with van der Waals surface area (Å²) in [6.45, 7) is 7.74. The Morgan fingerprint density at radius 3 is 2.89 bits per heavy atom. The summed E-state index contributed by atoms with van der Waals surface area (Å²) in [7, 11) is 0. The Morgan fingerprint density at radius 2 is 2.11 bits per heavy atom. The second-order valence-electron chi connectivity index (χ2n) is 5.60. The molecule has 0 spiro atoms. The molecule has 0 aromatic rings. The third-order valence-electron chi connectivity index (χ3n) is 4.50. The van der Waals surface area contributed by atoms with Gasteiger partial charge in [0.25, 0.3) is 0 Å². The Labute approximate surface area is 111 Å². The van der Waals surface area contributed by atoms with Crippen molar-refractivity contribution in [1.82, 2.24) is 4.90 Å². The maximum Gasteiger partial charge on any atom is 0.0699 e. The van der Waals surface area contributed by atoms with Gasteiger partial charge in [0.15, 0.2) is 0 Å². The molecule has 106 valence electrons. The lowest BCUT2D eigenvalue weighted by Gasteiger charge is -2.43. The molecule has 2 heterocycles. The molecule has 0 bridgehead atoms. The van der Waals surface area contributed by atoms with E-state index in [4.69, 9.17) is 15.2 Å². The van der Waals surface area contributed by atoms with E-state index in [0.29, 0.717) is 6.10 Å². The van der Waals surface area contributed by atoms with Crippen molar-refractivity contribution in [3.8, 4) is 0 Å². The van der Waals surface area contributed by atoms with Crippen LogP contribution in [0, 0.1) is 0 Å². The molecule has 2 saturated heterocycles. The molecule has 2 atom stereocenters. The highest BCUT2D eigenvalue weighted by molar-refractivity contribution is 4.94. The third-order valence-corrected chi connectivity index (χ3v) is 4.50. The Bertz CT molecular complexity index is 240. The Balaban J connectivity index is 2.08. The summed E-state index contributed by atoms with van der Waals surface area (Å²) >= 11 is 0. The van der Waals surface area contributed by atoms with Gasteiger partial charge in [0, 0.05) is 45.0 Å². The number of hydrogen-bond donors (Lipinski definition) is 1. The van der Waals surface area contributed by atoms with Crippen LogP contribution in [0.1, 0.15) is 39.0 Å². The summed E-state index contributed by atoms with van der Waals surface area (Å²) in [6.07, 6.45) is 5.96. The Kier molecular flexibility index (Phi) is 5.42. The van der Waals surface area contributed by atoms with E-state index in [2.05, 4.69) is 11.8 Å². The van der Waals surface area contributed by atoms with Crippen molar-refractivity contribution < 1.29 is 9.47 Å². The molecule has 2 aliphatic heterocycles. The van der Waals surface area contributed by atoms with Crippen molar-refractivity contribution in [3.05, 3.63) is 0 Å². The van der Waals surface area contributed by atoms with Crippen LogP contribution in [-0.4, -0.2) is 56.0 Å². The van der Waals surface area contributed by atoms with E-state index in [1.165, 1.54) is 6.42 Å². The van der Waals surface area contributed by atoms with Crippen LogP contribution in [0.25, 0.3) is 0 Å². The lowest BCUT2D eigenvalue weighted by Crippen LogP contribution is -2.56. The van der Waals surface area contributed by atoms with Gasteiger partial charge in [0.05, 0.1) is 6.10 Å². The Hall–Kier alpha value is -0.160. The first-order valence-corrected chi connectivity index (χ1v) is 7.45. The molecular formula is C14H28N2O2. The lowest BCUT2D eigenvalue weighted by molar-refractivity contribution is 0.0181. The zero-order valence-electron chi connectivity index (χ0n) is 11.7. The maximum atomic E-state index is 6.14. The summed E-state index contributed by atoms with van der Waals surface area (Å²) in [4.78, 5) is 2.60. The smallest absolute Gasteiger partial charge is 0.0699 e. The van der Waals surface area contributed by atoms with Crippen LogP contribution in [0.3, 0.4) is 0 Å². The van der Waals surface area contributed by atoms with Crippen LogP contribution in [0.15, 0.2) is 0 Å². The van der Waals surface area contributed by atoms with Crippen LogP contribution in [0.2, 0.25) is 0 Å². The second kappa shape index (κ2) is 6.85. The standard InChI is InChI=1S/C14H28N2O2/c1-2-13-11-16(7-4-9-18-13)14(12-15)5-3-8-17-10-6-14/h13H,2-12,15H2,1H3. The van der Waals surface area contributed by atoms with Gasteiger partial charge in [0.1, 0.15) is 0 Å². The molecule has 4 nitrogen and oxygen atoms in total. The van der Waals surface area contributed by atoms with E-state index >= 15 is 0 Å². The average molecular weight is 256 g/mol. The van der Waals surface area contributed by atoms with Crippen LogP contribution >= 0.6 is 0 Å². The van der Waals surface area contributed by atoms with E-state index in [1.807, 2.05) is 0 Å².